The first-order valence-electron chi connectivity index (χ1n) is 41.7. The summed E-state index contributed by atoms with van der Waals surface area (Å²) in [5.74, 6) is 3.77. The van der Waals surface area contributed by atoms with Crippen molar-refractivity contribution >= 4 is 107 Å². The van der Waals surface area contributed by atoms with E-state index in [-0.39, 0.29) is 0 Å². The average Bonchev–Trinajstić information content (AvgIpc) is 1.56. The van der Waals surface area contributed by atoms with Gasteiger partial charge in [0.05, 0.1) is 31.5 Å². The van der Waals surface area contributed by atoms with Crippen molar-refractivity contribution in [3.05, 3.63) is 437 Å². The Bertz CT molecular complexity index is 8080. The van der Waals surface area contributed by atoms with E-state index < -0.39 is 0 Å². The molecule has 6 aromatic heterocycles. The molecule has 0 bridgehead atoms. The first-order chi connectivity index (χ1) is 61.5. The molecule has 0 aliphatic rings. The van der Waals surface area contributed by atoms with Gasteiger partial charge in [-0.15, -0.1) is 22.7 Å². The van der Waals surface area contributed by atoms with Crippen LogP contribution < -0.4 is 0 Å². The van der Waals surface area contributed by atoms with Crippen LogP contribution in [0.3, 0.4) is 0 Å². The summed E-state index contributed by atoms with van der Waals surface area (Å²) in [6.45, 7) is 0. The fraction of sp³-hybridized carbons (Fsp3) is 0. The lowest BCUT2D eigenvalue weighted by Gasteiger charge is -2.16. The Hall–Kier alpha value is -16.0. The summed E-state index contributed by atoms with van der Waals surface area (Å²) in [4.78, 5) is 31.3. The van der Waals surface area contributed by atoms with E-state index in [0.29, 0.717) is 34.9 Å². The van der Waals surface area contributed by atoms with Crippen LogP contribution in [0.4, 0.5) is 0 Å². The lowest BCUT2D eigenvalue weighted by atomic mass is 9.89. The van der Waals surface area contributed by atoms with E-state index in [9.17, 15) is 0 Å². The van der Waals surface area contributed by atoms with Gasteiger partial charge in [0.15, 0.2) is 34.9 Å². The molecule has 10 heteroatoms. The highest BCUT2D eigenvalue weighted by Gasteiger charge is 2.26. The van der Waals surface area contributed by atoms with Crippen LogP contribution in [0.1, 0.15) is 0 Å². The minimum Gasteiger partial charge on any atom is -0.308 e. The van der Waals surface area contributed by atoms with Crippen LogP contribution in [0.15, 0.2) is 437 Å². The van der Waals surface area contributed by atoms with Crippen LogP contribution >= 0.6 is 22.7 Å². The Morgan fingerprint density at radius 1 is 0.169 bits per heavy atom. The van der Waals surface area contributed by atoms with Crippen LogP contribution in [0.25, 0.3) is 230 Å². The van der Waals surface area contributed by atoms with Gasteiger partial charge < -0.3 is 9.13 Å². The molecule has 0 atom stereocenters. The second kappa shape index (κ2) is 31.3. The smallest absolute Gasteiger partial charge is 0.164 e. The summed E-state index contributed by atoms with van der Waals surface area (Å²) in [5, 5.41) is 9.93. The molecule has 24 aromatic rings. The average molecular weight is 1620 g/mol. The monoisotopic (exact) mass is 1620 g/mol. The van der Waals surface area contributed by atoms with Crippen molar-refractivity contribution in [2.24, 2.45) is 0 Å². The molecule has 0 fully saturated rings. The topological polar surface area (TPSA) is 87.2 Å². The molecule has 0 N–H and O–H groups in total. The normalized spacial score (nSPS) is 11.5. The lowest BCUT2D eigenvalue weighted by molar-refractivity contribution is 1.07. The number of aromatic nitrogens is 8. The highest BCUT2D eigenvalue weighted by atomic mass is 32.1. The number of rotatable bonds is 14. The summed E-state index contributed by atoms with van der Waals surface area (Å²) in [7, 11) is 0. The van der Waals surface area contributed by atoms with Gasteiger partial charge in [-0.2, -0.15) is 0 Å². The molecule has 24 rings (SSSR count). The van der Waals surface area contributed by atoms with Gasteiger partial charge in [-0.25, -0.2) is 29.9 Å². The molecule has 0 spiro atoms. The van der Waals surface area contributed by atoms with Gasteiger partial charge in [-0.05, 0) is 133 Å². The number of benzene rings is 18. The predicted octanol–water partition coefficient (Wildman–Crippen LogP) is 30.7. The predicted molar refractivity (Wildman–Crippen MR) is 519 cm³/mol. The van der Waals surface area contributed by atoms with Crippen LogP contribution in [-0.2, 0) is 0 Å². The third-order valence-corrected chi connectivity index (χ3v) is 26.1. The zero-order chi connectivity index (χ0) is 82.0. The van der Waals surface area contributed by atoms with Gasteiger partial charge in [0.2, 0.25) is 0 Å². The Balaban J connectivity index is 0.000000143. The zero-order valence-electron chi connectivity index (χ0n) is 67.0. The zero-order valence-corrected chi connectivity index (χ0v) is 68.6. The van der Waals surface area contributed by atoms with E-state index >= 15 is 0 Å². The Morgan fingerprint density at radius 3 is 0.935 bits per heavy atom. The number of hydrogen-bond acceptors (Lipinski definition) is 8. The summed E-state index contributed by atoms with van der Waals surface area (Å²) < 4.78 is 9.88. The first kappa shape index (κ1) is 73.2. The molecule has 0 aliphatic heterocycles. The molecule has 0 saturated carbocycles. The molecular weight excluding hydrogens is 1550 g/mol. The van der Waals surface area contributed by atoms with E-state index in [2.05, 4.69) is 373 Å². The minimum absolute atomic E-state index is 0.620. The lowest BCUT2D eigenvalue weighted by Crippen LogP contribution is -2.01. The molecule has 0 unspecified atom stereocenters. The summed E-state index contributed by atoms with van der Waals surface area (Å²) >= 11 is 3.73. The molecule has 6 heterocycles. The van der Waals surface area contributed by atoms with Crippen molar-refractivity contribution < 1.29 is 0 Å². The van der Waals surface area contributed by atoms with Gasteiger partial charge in [-0.3, -0.25) is 0 Å². The molecular formula is C114H72N8S2. The maximum absolute atomic E-state index is 5.32. The number of nitrogens with zero attached hydrogens (tertiary/aromatic N) is 8. The summed E-state index contributed by atoms with van der Waals surface area (Å²) in [6, 6.07) is 155. The third kappa shape index (κ3) is 13.1. The SMILES string of the molecule is c1ccc(-c2nc(-c3ccccc3)nc(-c3cc(-c4ccccc4-c4ccccc4)ccc3-c3ccc4sc5c(ccc6c7ccccc7n(-c7ccccc7)c65)c4c3)n2)cc1.c1ccc(-c2nc(-c3ccccc3)nc(-c3cc(-c4ccccc4-c4ccccc4)ccc3-c3cccc4sc5c(ccc6c7ccccc7n(-c7ccccc7)c65)c34)n2)cc1. The van der Waals surface area contributed by atoms with Gasteiger partial charge >= 0.3 is 0 Å². The standard InChI is InChI=1S/2C57H36N4S/c1-5-18-37(19-6-1)42-26-13-14-27-43(42)40-32-33-44(49(36-40)57-59-55(38-20-7-2-8-21-38)58-56(60-57)39-22-9-3-10-23-39)46-29-17-31-51-52(46)48-35-34-47-45-28-15-16-30-50(45)61(53(47)54(48)62-51)41-24-11-4-12-25-41;1-5-17-37(18-6-1)43-25-13-14-26-44(43)40-29-31-45(50(36-40)57-59-55(38-19-7-2-8-20-38)58-56(60-57)39-21-9-3-10-22-39)41-30-34-52-49(35-41)48-33-32-47-46-27-15-16-28-51(46)61(53(47)54(48)62-52)42-23-11-4-12-24-42/h2*1-36H. The number of para-hydroxylation sites is 4. The first-order valence-corrected chi connectivity index (χ1v) is 43.3. The van der Waals surface area contributed by atoms with Crippen molar-refractivity contribution in [3.63, 3.8) is 0 Å². The molecule has 0 radical (unpaired) electrons. The van der Waals surface area contributed by atoms with Crippen LogP contribution in [0.2, 0.25) is 0 Å². The van der Waals surface area contributed by atoms with Gasteiger partial charge in [0.1, 0.15) is 0 Å². The maximum atomic E-state index is 5.32. The van der Waals surface area contributed by atoms with Crippen LogP contribution in [0.5, 0.6) is 0 Å². The Kier molecular flexibility index (Phi) is 18.5. The molecule has 8 nitrogen and oxygen atoms in total. The quantitative estimate of drug-likeness (QED) is 0.108. The van der Waals surface area contributed by atoms with Gasteiger partial charge in [0.25, 0.3) is 0 Å². The van der Waals surface area contributed by atoms with E-state index in [1.54, 1.807) is 0 Å². The third-order valence-electron chi connectivity index (χ3n) is 23.8. The number of fused-ring (bicyclic) bond motifs is 14. The number of hydrogen-bond donors (Lipinski definition) is 0. The molecule has 124 heavy (non-hydrogen) atoms. The van der Waals surface area contributed by atoms with Crippen molar-refractivity contribution in [1.82, 2.24) is 39.0 Å². The van der Waals surface area contributed by atoms with Crippen LogP contribution in [0, 0.1) is 0 Å². The fourth-order valence-electron chi connectivity index (χ4n) is 18.0. The number of thiophene rings is 2. The van der Waals surface area contributed by atoms with E-state index in [4.69, 9.17) is 29.9 Å². The van der Waals surface area contributed by atoms with Gasteiger partial charge in [-0.1, -0.05) is 370 Å². The molecule has 0 amide bonds. The second-order valence-electron chi connectivity index (χ2n) is 31.1. The van der Waals surface area contributed by atoms with Crippen molar-refractivity contribution in [3.8, 4) is 146 Å². The summed E-state index contributed by atoms with van der Waals surface area (Å²) in [6.07, 6.45) is 0. The Labute approximate surface area is 723 Å². The second-order valence-corrected chi connectivity index (χ2v) is 33.2. The molecule has 18 aromatic carbocycles. The largest absolute Gasteiger partial charge is 0.308 e. The van der Waals surface area contributed by atoms with E-state index in [0.717, 1.165) is 89.3 Å². The van der Waals surface area contributed by atoms with Crippen molar-refractivity contribution in [1.29, 1.82) is 0 Å². The highest BCUT2D eigenvalue weighted by Crippen LogP contribution is 2.51. The van der Waals surface area contributed by atoms with E-state index in [1.165, 1.54) is 106 Å². The van der Waals surface area contributed by atoms with Crippen molar-refractivity contribution in [2.75, 3.05) is 0 Å². The van der Waals surface area contributed by atoms with Crippen LogP contribution in [-0.4, -0.2) is 39.0 Å². The maximum Gasteiger partial charge on any atom is 0.164 e. The molecule has 0 saturated heterocycles. The van der Waals surface area contributed by atoms with Gasteiger partial charge in [0, 0.05) is 97.2 Å². The highest BCUT2D eigenvalue weighted by molar-refractivity contribution is 7.27. The molecule has 580 valence electrons. The fourth-order valence-corrected chi connectivity index (χ4v) is 20.5. The minimum atomic E-state index is 0.620. The summed E-state index contributed by atoms with van der Waals surface area (Å²) in [5.41, 5.74) is 26.3. The van der Waals surface area contributed by atoms with E-state index in [1.807, 2.05) is 95.5 Å². The van der Waals surface area contributed by atoms with Crippen molar-refractivity contribution in [2.45, 2.75) is 0 Å². The molecule has 0 aliphatic carbocycles. The Morgan fingerprint density at radius 2 is 0.484 bits per heavy atom.